The number of hydrogen-bond donors (Lipinski definition) is 0. The fourth-order valence-electron chi connectivity index (χ4n) is 3.29. The maximum Gasteiger partial charge on any atom is 0 e. The van der Waals surface area contributed by atoms with Crippen LogP contribution in [0.5, 0.6) is 0 Å². The van der Waals surface area contributed by atoms with Gasteiger partial charge in [0.1, 0.15) is 0 Å². The molecular weight excluding hydrogens is 228 g/mol. The summed E-state index contributed by atoms with van der Waals surface area (Å²) < 4.78 is 0. The molecule has 0 radical (unpaired) electrons. The minimum Gasteiger partial charge on any atom is -0.207 e. The zero-order valence-electron chi connectivity index (χ0n) is 11.4. The summed E-state index contributed by atoms with van der Waals surface area (Å²) in [5.74, 6) is 3.10. The molecule has 0 aromatic heterocycles. The molecule has 0 saturated carbocycles. The molecule has 1 aromatic rings. The van der Waals surface area contributed by atoms with Crippen LogP contribution in [-0.4, -0.2) is 0 Å². The average molecular weight is 251 g/mol. The number of fused-ring (bicyclic) bond motifs is 1. The van der Waals surface area contributed by atoms with Crippen LogP contribution in [0.15, 0.2) is 6.07 Å². The van der Waals surface area contributed by atoms with Gasteiger partial charge in [-0.3, -0.25) is 0 Å². The van der Waals surface area contributed by atoms with E-state index in [9.17, 15) is 0 Å². The van der Waals surface area contributed by atoms with Gasteiger partial charge in [-0.1, -0.05) is 47.5 Å². The van der Waals surface area contributed by atoms with Crippen molar-refractivity contribution in [1.82, 2.24) is 0 Å². The molecule has 88 valence electrons. The summed E-state index contributed by atoms with van der Waals surface area (Å²) in [5, 5.41) is 0. The van der Waals surface area contributed by atoms with Crippen molar-refractivity contribution in [2.45, 2.75) is 53.4 Å². The van der Waals surface area contributed by atoms with Gasteiger partial charge in [0.15, 0.2) is 0 Å². The maximum atomic E-state index is 2.42. The van der Waals surface area contributed by atoms with Gasteiger partial charge in [-0.25, -0.2) is 6.07 Å². The van der Waals surface area contributed by atoms with E-state index in [0.717, 1.165) is 23.7 Å². The minimum absolute atomic E-state index is 0. The molecule has 0 aliphatic heterocycles. The molecule has 0 N–H and O–H groups in total. The summed E-state index contributed by atoms with van der Waals surface area (Å²) in [6.45, 7) is 14.2. The predicted molar refractivity (Wildman–Crippen MR) is 66.7 cm³/mol. The summed E-state index contributed by atoms with van der Waals surface area (Å²) >= 11 is 0. The largest absolute Gasteiger partial charge is 0.207 e. The SMILES string of the molecule is Cc1cc2c([c-]1C)C(C)C(C)C(C)C2C.[Ti]. The van der Waals surface area contributed by atoms with E-state index in [4.69, 9.17) is 0 Å². The molecule has 2 rings (SSSR count). The van der Waals surface area contributed by atoms with Crippen LogP contribution in [0.4, 0.5) is 0 Å². The molecule has 1 aliphatic carbocycles. The van der Waals surface area contributed by atoms with E-state index in [1.807, 2.05) is 0 Å². The van der Waals surface area contributed by atoms with E-state index in [1.165, 1.54) is 5.56 Å². The topological polar surface area (TPSA) is 0 Å². The molecule has 0 heterocycles. The first-order chi connectivity index (χ1) is 6.95. The molecule has 0 spiro atoms. The molecule has 1 aliphatic rings. The Morgan fingerprint density at radius 2 is 1.50 bits per heavy atom. The fraction of sp³-hybridized carbons (Fsp3) is 0.667. The van der Waals surface area contributed by atoms with Gasteiger partial charge in [0.05, 0.1) is 0 Å². The maximum absolute atomic E-state index is 2.42. The first-order valence-electron chi connectivity index (χ1n) is 6.21. The summed E-state index contributed by atoms with van der Waals surface area (Å²) in [6, 6.07) is 2.42. The van der Waals surface area contributed by atoms with Crippen molar-refractivity contribution in [3.63, 3.8) is 0 Å². The van der Waals surface area contributed by atoms with E-state index in [1.54, 1.807) is 16.7 Å². The number of aryl methyl sites for hydroxylation is 1. The third-order valence-electron chi connectivity index (χ3n) is 5.03. The van der Waals surface area contributed by atoms with E-state index in [0.29, 0.717) is 0 Å². The van der Waals surface area contributed by atoms with Crippen LogP contribution in [0.2, 0.25) is 0 Å². The Balaban J connectivity index is 0.00000128. The average Bonchev–Trinajstić information content (AvgIpc) is 2.50. The Bertz CT molecular complexity index is 375. The van der Waals surface area contributed by atoms with Gasteiger partial charge < -0.3 is 0 Å². The first kappa shape index (κ1) is 14.1. The number of rotatable bonds is 0. The quantitative estimate of drug-likeness (QED) is 0.470. The minimum atomic E-state index is 0. The second-order valence-corrected chi connectivity index (χ2v) is 5.62. The molecule has 0 amide bonds. The van der Waals surface area contributed by atoms with Crippen molar-refractivity contribution in [3.8, 4) is 0 Å². The first-order valence-corrected chi connectivity index (χ1v) is 6.21. The van der Waals surface area contributed by atoms with Crippen LogP contribution in [0, 0.1) is 25.7 Å². The standard InChI is InChI=1S/C15H23.Ti/c1-8-7-14-12(5)10(3)11(4)13(6)15(14)9(8)2;/h7,10-13H,1-6H3;/q-1;. The predicted octanol–water partition coefficient (Wildman–Crippen LogP) is 4.51. The van der Waals surface area contributed by atoms with Crippen molar-refractivity contribution in [2.24, 2.45) is 11.8 Å². The van der Waals surface area contributed by atoms with Crippen molar-refractivity contribution in [2.75, 3.05) is 0 Å². The normalized spacial score (nSPS) is 33.1. The van der Waals surface area contributed by atoms with Gasteiger partial charge in [0.2, 0.25) is 0 Å². The second-order valence-electron chi connectivity index (χ2n) is 5.62. The summed E-state index contributed by atoms with van der Waals surface area (Å²) in [5.41, 5.74) is 6.32. The van der Waals surface area contributed by atoms with Gasteiger partial charge in [-0.15, -0.1) is 0 Å². The Morgan fingerprint density at radius 1 is 1.00 bits per heavy atom. The summed E-state index contributed by atoms with van der Waals surface area (Å²) in [6.07, 6.45) is 0. The molecule has 0 bridgehead atoms. The third-order valence-corrected chi connectivity index (χ3v) is 5.03. The fourth-order valence-corrected chi connectivity index (χ4v) is 3.29. The smallest absolute Gasteiger partial charge is 0 e. The second kappa shape index (κ2) is 4.74. The zero-order valence-corrected chi connectivity index (χ0v) is 12.9. The van der Waals surface area contributed by atoms with Crippen LogP contribution >= 0.6 is 0 Å². The van der Waals surface area contributed by atoms with Gasteiger partial charge in [-0.2, -0.15) is 22.3 Å². The van der Waals surface area contributed by atoms with Crippen LogP contribution in [-0.2, 0) is 21.7 Å². The van der Waals surface area contributed by atoms with Crippen molar-refractivity contribution < 1.29 is 21.7 Å². The zero-order chi connectivity index (χ0) is 11.3. The van der Waals surface area contributed by atoms with Gasteiger partial charge in [-0.05, 0) is 17.8 Å². The van der Waals surface area contributed by atoms with Crippen molar-refractivity contribution in [3.05, 3.63) is 28.3 Å². The van der Waals surface area contributed by atoms with E-state index in [2.05, 4.69) is 47.6 Å². The Morgan fingerprint density at radius 3 is 2.06 bits per heavy atom. The van der Waals surface area contributed by atoms with Crippen LogP contribution in [0.3, 0.4) is 0 Å². The summed E-state index contributed by atoms with van der Waals surface area (Å²) in [4.78, 5) is 0. The molecular formula is C15H23Ti-. The molecule has 1 heteroatoms. The van der Waals surface area contributed by atoms with Gasteiger partial charge in [0, 0.05) is 21.7 Å². The monoisotopic (exact) mass is 251 g/mol. The molecule has 4 unspecified atom stereocenters. The molecule has 0 fully saturated rings. The molecule has 1 aromatic carbocycles. The molecule has 4 atom stereocenters. The Kier molecular flexibility index (Phi) is 4.19. The van der Waals surface area contributed by atoms with Crippen LogP contribution < -0.4 is 0 Å². The van der Waals surface area contributed by atoms with Gasteiger partial charge >= 0.3 is 0 Å². The van der Waals surface area contributed by atoms with Crippen molar-refractivity contribution in [1.29, 1.82) is 0 Å². The van der Waals surface area contributed by atoms with E-state index >= 15 is 0 Å². The number of hydrogen-bond acceptors (Lipinski definition) is 0. The van der Waals surface area contributed by atoms with E-state index in [-0.39, 0.29) is 21.7 Å². The van der Waals surface area contributed by atoms with Gasteiger partial charge in [0.25, 0.3) is 0 Å². The third kappa shape index (κ3) is 1.85. The Labute approximate surface area is 115 Å². The molecule has 0 saturated heterocycles. The summed E-state index contributed by atoms with van der Waals surface area (Å²) in [7, 11) is 0. The van der Waals surface area contributed by atoms with E-state index < -0.39 is 0 Å². The van der Waals surface area contributed by atoms with Crippen LogP contribution in [0.1, 0.15) is 61.8 Å². The van der Waals surface area contributed by atoms with Crippen molar-refractivity contribution >= 4 is 0 Å². The molecule has 16 heavy (non-hydrogen) atoms. The molecule has 0 nitrogen and oxygen atoms in total. The Hall–Kier alpha value is 0.0643. The van der Waals surface area contributed by atoms with Crippen LogP contribution in [0.25, 0.3) is 0 Å².